The molecule has 1 atom stereocenters. The maximum atomic E-state index is 13.0. The zero-order chi connectivity index (χ0) is 16.5. The average Bonchev–Trinajstić information content (AvgIpc) is 2.36. The van der Waals surface area contributed by atoms with Gasteiger partial charge in [0.05, 0.1) is 11.8 Å². The van der Waals surface area contributed by atoms with E-state index < -0.39 is 5.92 Å². The third-order valence-electron chi connectivity index (χ3n) is 4.11. The summed E-state index contributed by atoms with van der Waals surface area (Å²) in [5.41, 5.74) is 1.89. The van der Waals surface area contributed by atoms with Crippen LogP contribution in [0, 0.1) is 5.92 Å². The predicted octanol–water partition coefficient (Wildman–Crippen LogP) is 4.08. The maximum Gasteiger partial charge on any atom is 0.249 e. The molecule has 0 radical (unpaired) electrons. The van der Waals surface area contributed by atoms with Crippen LogP contribution < -0.4 is 4.74 Å². The third-order valence-corrected chi connectivity index (χ3v) is 4.11. The molecule has 3 nitrogen and oxygen atoms in total. The summed E-state index contributed by atoms with van der Waals surface area (Å²) in [6.07, 6.45) is -0.365. The molecule has 1 saturated carbocycles. The normalized spacial score (nSPS) is 19.3. The lowest BCUT2D eigenvalue weighted by Crippen LogP contribution is -2.43. The Morgan fingerprint density at radius 2 is 1.91 bits per heavy atom. The minimum Gasteiger partial charge on any atom is -0.488 e. The molecule has 1 aromatic rings. The number of aromatic nitrogens is 1. The molecule has 1 heterocycles. The van der Waals surface area contributed by atoms with E-state index in [9.17, 15) is 8.78 Å². The van der Waals surface area contributed by atoms with Crippen molar-refractivity contribution in [3.8, 4) is 5.75 Å². The minimum absolute atomic E-state index is 0.0747. The summed E-state index contributed by atoms with van der Waals surface area (Å²) in [5.74, 6) is -1.53. The van der Waals surface area contributed by atoms with Crippen LogP contribution in [-0.2, 0) is 6.54 Å². The lowest BCUT2D eigenvalue weighted by Gasteiger charge is -2.38. The number of alkyl halides is 2. The van der Waals surface area contributed by atoms with Gasteiger partial charge in [0, 0.05) is 31.0 Å². The Kier molecular flexibility index (Phi) is 5.05. The fourth-order valence-electron chi connectivity index (χ4n) is 2.68. The van der Waals surface area contributed by atoms with Crippen LogP contribution in [0.3, 0.4) is 0 Å². The topological polar surface area (TPSA) is 25.4 Å². The Labute approximate surface area is 131 Å². The van der Waals surface area contributed by atoms with Crippen LogP contribution >= 0.6 is 0 Å². The molecular weight excluding hydrogens is 286 g/mol. The Morgan fingerprint density at radius 1 is 1.27 bits per heavy atom. The smallest absolute Gasteiger partial charge is 0.249 e. The van der Waals surface area contributed by atoms with E-state index in [4.69, 9.17) is 4.74 Å². The number of nitrogens with zero attached hydrogens (tertiary/aromatic N) is 2. The minimum atomic E-state index is -2.51. The Balaban J connectivity index is 2.11. The molecule has 1 aliphatic rings. The monoisotopic (exact) mass is 312 g/mol. The molecule has 0 N–H and O–H groups in total. The SMILES string of the molecule is CC(C)c1ccc(O[C@H](C)C2CC(F)(F)C2)c(CN(C)C)n1. The van der Waals surface area contributed by atoms with Crippen molar-refractivity contribution in [1.29, 1.82) is 0 Å². The molecule has 0 bridgehead atoms. The highest BCUT2D eigenvalue weighted by Crippen LogP contribution is 2.45. The van der Waals surface area contributed by atoms with Gasteiger partial charge in [-0.2, -0.15) is 0 Å². The molecule has 0 amide bonds. The standard InChI is InChI=1S/C17H26F2N2O/c1-11(2)14-6-7-16(15(20-14)10-21(4)5)22-12(3)13-8-17(18,19)9-13/h6-7,11-13H,8-10H2,1-5H3/t12-/m1/s1. The van der Waals surface area contributed by atoms with Crippen LogP contribution in [0.1, 0.15) is 50.9 Å². The lowest BCUT2D eigenvalue weighted by atomic mass is 9.78. The second-order valence-electron chi connectivity index (χ2n) is 6.92. The van der Waals surface area contributed by atoms with E-state index in [1.807, 2.05) is 38.1 Å². The zero-order valence-corrected chi connectivity index (χ0v) is 14.1. The molecule has 0 saturated heterocycles. The average molecular weight is 312 g/mol. The van der Waals surface area contributed by atoms with Gasteiger partial charge in [0.25, 0.3) is 0 Å². The van der Waals surface area contributed by atoms with Gasteiger partial charge in [-0.15, -0.1) is 0 Å². The van der Waals surface area contributed by atoms with Crippen molar-refractivity contribution in [2.75, 3.05) is 14.1 Å². The van der Waals surface area contributed by atoms with Crippen molar-refractivity contribution in [1.82, 2.24) is 9.88 Å². The van der Waals surface area contributed by atoms with Crippen LogP contribution in [0.4, 0.5) is 8.78 Å². The number of hydrogen-bond acceptors (Lipinski definition) is 3. The van der Waals surface area contributed by atoms with Crippen LogP contribution in [0.5, 0.6) is 5.75 Å². The molecule has 22 heavy (non-hydrogen) atoms. The van der Waals surface area contributed by atoms with Gasteiger partial charge in [-0.1, -0.05) is 13.8 Å². The van der Waals surface area contributed by atoms with E-state index in [0.29, 0.717) is 18.2 Å². The molecule has 2 rings (SSSR count). The fourth-order valence-corrected chi connectivity index (χ4v) is 2.68. The van der Waals surface area contributed by atoms with Gasteiger partial charge in [0.15, 0.2) is 0 Å². The molecule has 1 fully saturated rings. The second-order valence-corrected chi connectivity index (χ2v) is 6.92. The zero-order valence-electron chi connectivity index (χ0n) is 14.1. The van der Waals surface area contributed by atoms with E-state index in [1.165, 1.54) is 0 Å². The number of rotatable bonds is 6. The number of halogens is 2. The van der Waals surface area contributed by atoms with E-state index in [2.05, 4.69) is 18.8 Å². The predicted molar refractivity (Wildman–Crippen MR) is 83.5 cm³/mol. The summed E-state index contributed by atoms with van der Waals surface area (Å²) in [7, 11) is 3.95. The summed E-state index contributed by atoms with van der Waals surface area (Å²) >= 11 is 0. The van der Waals surface area contributed by atoms with Gasteiger partial charge in [-0.25, -0.2) is 8.78 Å². The van der Waals surface area contributed by atoms with Gasteiger partial charge in [-0.3, -0.25) is 4.98 Å². The highest BCUT2D eigenvalue weighted by Gasteiger charge is 2.48. The quantitative estimate of drug-likeness (QED) is 0.791. The Bertz CT molecular complexity index is 509. The van der Waals surface area contributed by atoms with Crippen LogP contribution in [0.15, 0.2) is 12.1 Å². The third kappa shape index (κ3) is 4.15. The van der Waals surface area contributed by atoms with Crippen LogP contribution in [-0.4, -0.2) is 36.0 Å². The summed E-state index contributed by atoms with van der Waals surface area (Å²) in [4.78, 5) is 6.71. The van der Waals surface area contributed by atoms with Crippen molar-refractivity contribution in [2.24, 2.45) is 5.92 Å². The first-order valence-corrected chi connectivity index (χ1v) is 7.87. The Morgan fingerprint density at radius 3 is 2.41 bits per heavy atom. The van der Waals surface area contributed by atoms with E-state index >= 15 is 0 Å². The summed E-state index contributed by atoms with van der Waals surface area (Å²) in [5, 5.41) is 0. The van der Waals surface area contributed by atoms with Gasteiger partial charge in [-0.05, 0) is 39.1 Å². The van der Waals surface area contributed by atoms with Gasteiger partial charge >= 0.3 is 0 Å². The molecule has 1 aliphatic carbocycles. The van der Waals surface area contributed by atoms with Crippen molar-refractivity contribution >= 4 is 0 Å². The van der Waals surface area contributed by atoms with E-state index in [1.54, 1.807) is 0 Å². The summed E-state index contributed by atoms with van der Waals surface area (Å²) in [6.45, 7) is 6.74. The van der Waals surface area contributed by atoms with E-state index in [0.717, 1.165) is 11.4 Å². The van der Waals surface area contributed by atoms with Crippen LogP contribution in [0.25, 0.3) is 0 Å². The first kappa shape index (κ1) is 17.1. The largest absolute Gasteiger partial charge is 0.488 e. The van der Waals surface area contributed by atoms with Gasteiger partial charge in [0.2, 0.25) is 5.92 Å². The highest BCUT2D eigenvalue weighted by molar-refractivity contribution is 5.31. The van der Waals surface area contributed by atoms with Gasteiger partial charge in [0.1, 0.15) is 5.75 Å². The number of hydrogen-bond donors (Lipinski definition) is 0. The fraction of sp³-hybridized carbons (Fsp3) is 0.706. The number of pyridine rings is 1. The van der Waals surface area contributed by atoms with Crippen molar-refractivity contribution in [3.63, 3.8) is 0 Å². The lowest BCUT2D eigenvalue weighted by molar-refractivity contribution is -0.133. The molecule has 0 aromatic carbocycles. The maximum absolute atomic E-state index is 13.0. The van der Waals surface area contributed by atoms with Crippen molar-refractivity contribution < 1.29 is 13.5 Å². The highest BCUT2D eigenvalue weighted by atomic mass is 19.3. The first-order valence-electron chi connectivity index (χ1n) is 7.87. The molecular formula is C17H26F2N2O. The molecule has 5 heteroatoms. The molecule has 0 spiro atoms. The second kappa shape index (κ2) is 6.49. The number of ether oxygens (including phenoxy) is 1. The summed E-state index contributed by atoms with van der Waals surface area (Å²) < 4.78 is 32.0. The molecule has 0 aliphatic heterocycles. The summed E-state index contributed by atoms with van der Waals surface area (Å²) in [6, 6.07) is 3.88. The van der Waals surface area contributed by atoms with Crippen molar-refractivity contribution in [3.05, 3.63) is 23.5 Å². The van der Waals surface area contributed by atoms with Gasteiger partial charge < -0.3 is 9.64 Å². The van der Waals surface area contributed by atoms with Crippen molar-refractivity contribution in [2.45, 2.75) is 58.1 Å². The molecule has 124 valence electrons. The van der Waals surface area contributed by atoms with E-state index in [-0.39, 0.29) is 24.9 Å². The molecule has 1 aromatic heterocycles. The molecule has 0 unspecified atom stereocenters. The Hall–Kier alpha value is -1.23. The first-order chi connectivity index (χ1) is 10.2. The van der Waals surface area contributed by atoms with Crippen LogP contribution in [0.2, 0.25) is 0 Å².